The number of thiophene rings is 2. The second-order valence-electron chi connectivity index (χ2n) is 15.3. The van der Waals surface area contributed by atoms with E-state index in [-0.39, 0.29) is 5.92 Å². The molecule has 10 aromatic rings. The lowest BCUT2D eigenvalue weighted by Crippen LogP contribution is -2.21. The van der Waals surface area contributed by atoms with E-state index in [1.54, 1.807) is 0 Å². The predicted octanol–water partition coefficient (Wildman–Crippen LogP) is 13.8. The van der Waals surface area contributed by atoms with Gasteiger partial charge in [0.05, 0.1) is 11.4 Å². The van der Waals surface area contributed by atoms with Crippen molar-refractivity contribution in [3.8, 4) is 33.8 Å². The van der Waals surface area contributed by atoms with E-state index in [1.165, 1.54) is 73.0 Å². The first-order valence-corrected chi connectivity index (χ1v) is 21.7. The second-order valence-corrected chi connectivity index (χ2v) is 17.4. The Balaban J connectivity index is 1.23. The topological polar surface area (TPSA) is 25.8 Å². The second kappa shape index (κ2) is 14.6. The van der Waals surface area contributed by atoms with Gasteiger partial charge in [0.15, 0.2) is 5.82 Å². The van der Waals surface area contributed by atoms with Crippen LogP contribution in [0.15, 0.2) is 176 Å². The number of allylic oxidation sites excluding steroid dienone is 2. The monoisotopic (exact) mass is 790 g/mol. The van der Waals surface area contributed by atoms with Gasteiger partial charge in [0, 0.05) is 57.1 Å². The number of hydrogen-bond acceptors (Lipinski definition) is 4. The summed E-state index contributed by atoms with van der Waals surface area (Å²) in [5.41, 5.74) is 11.2. The van der Waals surface area contributed by atoms with E-state index in [1.807, 2.05) is 28.7 Å². The number of nitrogens with zero attached hydrogens (tertiary/aromatic N) is 2. The van der Waals surface area contributed by atoms with E-state index in [9.17, 15) is 0 Å². The van der Waals surface area contributed by atoms with E-state index in [2.05, 4.69) is 189 Å². The summed E-state index contributed by atoms with van der Waals surface area (Å²) in [6.07, 6.45) is 9.65. The molecule has 280 valence electrons. The van der Waals surface area contributed by atoms with Gasteiger partial charge >= 0.3 is 0 Å². The molecule has 0 amide bonds. The van der Waals surface area contributed by atoms with Gasteiger partial charge in [-0.3, -0.25) is 0 Å². The molecule has 0 saturated heterocycles. The van der Waals surface area contributed by atoms with Crippen LogP contribution >= 0.6 is 22.7 Å². The molecule has 1 atom stereocenters. The molecular formula is C55H38N2S2. The first-order chi connectivity index (χ1) is 29.1. The summed E-state index contributed by atoms with van der Waals surface area (Å²) in [5.74, 6) is 1.02. The van der Waals surface area contributed by atoms with Gasteiger partial charge in [-0.15, -0.1) is 22.7 Å². The van der Waals surface area contributed by atoms with Crippen molar-refractivity contribution in [1.82, 2.24) is 9.97 Å². The first-order valence-electron chi connectivity index (χ1n) is 20.1. The molecule has 0 bridgehead atoms. The Labute approximate surface area is 351 Å². The molecular weight excluding hydrogens is 753 g/mol. The fraction of sp³-hybridized carbons (Fsp3) is 0.0545. The summed E-state index contributed by atoms with van der Waals surface area (Å²) in [7, 11) is 0. The van der Waals surface area contributed by atoms with E-state index in [4.69, 9.17) is 9.97 Å². The quantitative estimate of drug-likeness (QED) is 0.168. The molecule has 7 aromatic carbocycles. The van der Waals surface area contributed by atoms with Gasteiger partial charge in [0.25, 0.3) is 0 Å². The Bertz CT molecular complexity index is 3450. The maximum Gasteiger partial charge on any atom is 0.161 e. The van der Waals surface area contributed by atoms with Crippen LogP contribution in [0.25, 0.3) is 92.5 Å². The minimum atomic E-state index is 0.288. The number of rotatable bonds is 6. The Morgan fingerprint density at radius 2 is 1.34 bits per heavy atom. The third-order valence-electron chi connectivity index (χ3n) is 11.9. The summed E-state index contributed by atoms with van der Waals surface area (Å²) in [6.45, 7) is 6.32. The fourth-order valence-corrected chi connectivity index (χ4v) is 11.4. The smallest absolute Gasteiger partial charge is 0.161 e. The van der Waals surface area contributed by atoms with Crippen molar-refractivity contribution in [2.45, 2.75) is 19.3 Å². The van der Waals surface area contributed by atoms with Gasteiger partial charge < -0.3 is 0 Å². The lowest BCUT2D eigenvalue weighted by atomic mass is 9.81. The summed E-state index contributed by atoms with van der Waals surface area (Å²) in [6, 6.07) is 57.0. The molecule has 3 heterocycles. The van der Waals surface area contributed by atoms with Crippen molar-refractivity contribution < 1.29 is 0 Å². The molecule has 0 saturated carbocycles. The van der Waals surface area contributed by atoms with Gasteiger partial charge in [-0.05, 0) is 75.7 Å². The SMILES string of the molecule is C=C/C=c1\c(=C(/C)c2cc(-c3cccc4c3sc3ccccc34)nc(-c3c(-c4cccc5ccccc45)ccc4c3C=CC(c3ccccc3)C4)n2)sc2ccccc12. The van der Waals surface area contributed by atoms with Gasteiger partial charge in [-0.2, -0.15) is 0 Å². The van der Waals surface area contributed by atoms with Crippen molar-refractivity contribution in [3.63, 3.8) is 0 Å². The van der Waals surface area contributed by atoms with Gasteiger partial charge in [-0.1, -0.05) is 170 Å². The van der Waals surface area contributed by atoms with Gasteiger partial charge in [-0.25, -0.2) is 9.97 Å². The van der Waals surface area contributed by atoms with Crippen LogP contribution in [0.2, 0.25) is 0 Å². The average Bonchev–Trinajstić information content (AvgIpc) is 3.87. The van der Waals surface area contributed by atoms with Crippen molar-refractivity contribution in [1.29, 1.82) is 0 Å². The predicted molar refractivity (Wildman–Crippen MR) is 255 cm³/mol. The van der Waals surface area contributed by atoms with Crippen LogP contribution in [0, 0.1) is 0 Å². The zero-order chi connectivity index (χ0) is 39.5. The summed E-state index contributed by atoms with van der Waals surface area (Å²) in [4.78, 5) is 11.3. The van der Waals surface area contributed by atoms with Crippen molar-refractivity contribution in [3.05, 3.63) is 209 Å². The average molecular weight is 791 g/mol. The molecule has 2 nitrogen and oxygen atoms in total. The molecule has 11 rings (SSSR count). The summed E-state index contributed by atoms with van der Waals surface area (Å²) in [5, 5.41) is 7.35. The Hall–Kier alpha value is -6.72. The highest BCUT2D eigenvalue weighted by Crippen LogP contribution is 2.44. The molecule has 1 unspecified atom stereocenters. The third-order valence-corrected chi connectivity index (χ3v) is 14.4. The normalized spacial score (nSPS) is 14.7. The largest absolute Gasteiger partial charge is 0.228 e. The number of hydrogen-bond donors (Lipinski definition) is 0. The van der Waals surface area contributed by atoms with Crippen molar-refractivity contribution in [2.24, 2.45) is 0 Å². The number of benzene rings is 7. The Morgan fingerprint density at radius 1 is 0.644 bits per heavy atom. The van der Waals surface area contributed by atoms with Gasteiger partial charge in [0.1, 0.15) is 0 Å². The van der Waals surface area contributed by atoms with Crippen LogP contribution in [-0.4, -0.2) is 9.97 Å². The van der Waals surface area contributed by atoms with Crippen LogP contribution in [0.5, 0.6) is 0 Å². The lowest BCUT2D eigenvalue weighted by molar-refractivity contribution is 0.827. The maximum atomic E-state index is 5.65. The molecule has 4 heteroatoms. The minimum Gasteiger partial charge on any atom is -0.228 e. The van der Waals surface area contributed by atoms with Gasteiger partial charge in [0.2, 0.25) is 0 Å². The maximum absolute atomic E-state index is 5.65. The molecule has 0 fully saturated rings. The van der Waals surface area contributed by atoms with Crippen LogP contribution in [0.3, 0.4) is 0 Å². The van der Waals surface area contributed by atoms with E-state index >= 15 is 0 Å². The highest BCUT2D eigenvalue weighted by atomic mass is 32.1. The van der Waals surface area contributed by atoms with Crippen molar-refractivity contribution in [2.75, 3.05) is 0 Å². The molecule has 0 radical (unpaired) electrons. The van der Waals surface area contributed by atoms with E-state index < -0.39 is 0 Å². The van der Waals surface area contributed by atoms with Crippen molar-refractivity contribution >= 4 is 81.4 Å². The standard InChI is InChI=1S/C55H38N2S2/c1-3-15-45-42-21-9-11-26-50(42)58-53(45)34(2)48-33-49(47-25-14-24-46-43-22-10-12-27-51(43)59-54(46)47)57-55(56-48)52-40-30-28-37(35-16-5-4-6-17-35)32-38(40)29-31-44(52)41-23-13-19-36-18-7-8-20-39(36)41/h3-31,33,37H,1,32H2,2H3/b45-15-,53-34-. The number of aromatic nitrogens is 2. The molecule has 0 N–H and O–H groups in total. The lowest BCUT2D eigenvalue weighted by Gasteiger charge is -2.24. The number of fused-ring (bicyclic) bond motifs is 6. The summed E-state index contributed by atoms with van der Waals surface area (Å²) < 4.78 is 4.94. The molecule has 1 aliphatic carbocycles. The molecule has 0 spiro atoms. The zero-order valence-corrected chi connectivity index (χ0v) is 34.2. The highest BCUT2D eigenvalue weighted by Gasteiger charge is 2.25. The zero-order valence-electron chi connectivity index (χ0n) is 32.5. The Morgan fingerprint density at radius 3 is 2.19 bits per heavy atom. The van der Waals surface area contributed by atoms with Crippen LogP contribution in [0.4, 0.5) is 0 Å². The highest BCUT2D eigenvalue weighted by molar-refractivity contribution is 7.26. The van der Waals surface area contributed by atoms with E-state index in [0.29, 0.717) is 0 Å². The third kappa shape index (κ3) is 6.07. The first kappa shape index (κ1) is 35.4. The van der Waals surface area contributed by atoms with E-state index in [0.717, 1.165) is 45.9 Å². The van der Waals surface area contributed by atoms with Crippen LogP contribution < -0.4 is 9.75 Å². The fourth-order valence-electron chi connectivity index (χ4n) is 8.98. The summed E-state index contributed by atoms with van der Waals surface area (Å²) >= 11 is 3.65. The van der Waals surface area contributed by atoms with Crippen LogP contribution in [-0.2, 0) is 6.42 Å². The molecule has 1 aliphatic rings. The molecule has 0 aliphatic heterocycles. The Kier molecular flexibility index (Phi) is 8.76. The van der Waals surface area contributed by atoms with Crippen LogP contribution in [0.1, 0.15) is 35.2 Å². The molecule has 3 aromatic heterocycles. The minimum absolute atomic E-state index is 0.288. The molecule has 59 heavy (non-hydrogen) atoms.